The van der Waals surface area contributed by atoms with E-state index < -0.39 is 12.2 Å². The topological polar surface area (TPSA) is 107 Å². The summed E-state index contributed by atoms with van der Waals surface area (Å²) in [5.41, 5.74) is 5.28. The number of likely N-dealkylation sites (tertiary alicyclic amines) is 2. The SMILES string of the molecule is NC(=O)C1CCCN(C(=O)CN2CC(O)C(O)C2)C1. The van der Waals surface area contributed by atoms with E-state index in [0.717, 1.165) is 12.8 Å². The van der Waals surface area contributed by atoms with Crippen molar-refractivity contribution < 1.29 is 19.8 Å². The van der Waals surface area contributed by atoms with E-state index in [9.17, 15) is 19.8 Å². The van der Waals surface area contributed by atoms with Crippen molar-refractivity contribution in [3.63, 3.8) is 0 Å². The lowest BCUT2D eigenvalue weighted by Crippen LogP contribution is -2.47. The van der Waals surface area contributed by atoms with Crippen molar-refractivity contribution in [3.8, 4) is 0 Å². The third-order valence-electron chi connectivity index (χ3n) is 3.87. The number of primary amides is 1. The Morgan fingerprint density at radius 3 is 2.37 bits per heavy atom. The van der Waals surface area contributed by atoms with Gasteiger partial charge in [0.05, 0.1) is 24.7 Å². The van der Waals surface area contributed by atoms with Crippen molar-refractivity contribution in [1.29, 1.82) is 0 Å². The summed E-state index contributed by atoms with van der Waals surface area (Å²) in [5, 5.41) is 18.9. The number of piperidine rings is 1. The highest BCUT2D eigenvalue weighted by atomic mass is 16.3. The van der Waals surface area contributed by atoms with Gasteiger partial charge in [-0.3, -0.25) is 14.5 Å². The summed E-state index contributed by atoms with van der Waals surface area (Å²) in [6.07, 6.45) is -0.0507. The number of amides is 2. The molecule has 0 aromatic rings. The van der Waals surface area contributed by atoms with Crippen LogP contribution in [0.2, 0.25) is 0 Å². The van der Waals surface area contributed by atoms with E-state index in [1.54, 1.807) is 9.80 Å². The molecule has 108 valence electrons. The largest absolute Gasteiger partial charge is 0.389 e. The second-order valence-electron chi connectivity index (χ2n) is 5.41. The molecule has 2 saturated heterocycles. The van der Waals surface area contributed by atoms with Crippen LogP contribution in [0, 0.1) is 5.92 Å². The number of hydrogen-bond acceptors (Lipinski definition) is 5. The molecule has 0 spiro atoms. The molecule has 0 bridgehead atoms. The highest BCUT2D eigenvalue weighted by Gasteiger charge is 2.33. The lowest BCUT2D eigenvalue weighted by molar-refractivity contribution is -0.135. The van der Waals surface area contributed by atoms with Crippen LogP contribution in [0.1, 0.15) is 12.8 Å². The highest BCUT2D eigenvalue weighted by molar-refractivity contribution is 5.81. The molecule has 2 fully saturated rings. The summed E-state index contributed by atoms with van der Waals surface area (Å²) in [5.74, 6) is -0.691. The van der Waals surface area contributed by atoms with Crippen LogP contribution in [-0.2, 0) is 9.59 Å². The number of β-amino-alcohol motifs (C(OH)–C–C–N with tert-alkyl or cyclic N) is 2. The lowest BCUT2D eigenvalue weighted by atomic mass is 9.97. The Balaban J connectivity index is 1.84. The number of rotatable bonds is 3. The Kier molecular flexibility index (Phi) is 4.38. The summed E-state index contributed by atoms with van der Waals surface area (Å²) in [6, 6.07) is 0. The van der Waals surface area contributed by atoms with Gasteiger partial charge in [0.1, 0.15) is 0 Å². The fourth-order valence-corrected chi connectivity index (χ4v) is 2.70. The summed E-state index contributed by atoms with van der Waals surface area (Å²) < 4.78 is 0. The Morgan fingerprint density at radius 2 is 1.79 bits per heavy atom. The number of nitrogens with two attached hydrogens (primary N) is 1. The van der Waals surface area contributed by atoms with Crippen LogP contribution in [0.3, 0.4) is 0 Å². The predicted octanol–water partition coefficient (Wildman–Crippen LogP) is -2.25. The number of carbonyl (C=O) groups is 2. The first kappa shape index (κ1) is 14.2. The smallest absolute Gasteiger partial charge is 0.236 e. The van der Waals surface area contributed by atoms with E-state index in [-0.39, 0.29) is 24.3 Å². The molecule has 0 aromatic heterocycles. The van der Waals surface area contributed by atoms with Gasteiger partial charge in [0, 0.05) is 26.2 Å². The van der Waals surface area contributed by atoms with Gasteiger partial charge < -0.3 is 20.8 Å². The van der Waals surface area contributed by atoms with Gasteiger partial charge in [0.15, 0.2) is 0 Å². The van der Waals surface area contributed by atoms with Crippen LogP contribution in [0.4, 0.5) is 0 Å². The first-order chi connectivity index (χ1) is 8.97. The van der Waals surface area contributed by atoms with E-state index in [4.69, 9.17) is 5.73 Å². The van der Waals surface area contributed by atoms with Crippen molar-refractivity contribution in [3.05, 3.63) is 0 Å². The van der Waals surface area contributed by atoms with Gasteiger partial charge in [-0.15, -0.1) is 0 Å². The molecule has 2 heterocycles. The second-order valence-corrected chi connectivity index (χ2v) is 5.41. The number of aliphatic hydroxyl groups is 2. The van der Waals surface area contributed by atoms with Gasteiger partial charge in [0.2, 0.25) is 11.8 Å². The Labute approximate surface area is 112 Å². The van der Waals surface area contributed by atoms with E-state index in [2.05, 4.69) is 0 Å². The van der Waals surface area contributed by atoms with E-state index >= 15 is 0 Å². The summed E-state index contributed by atoms with van der Waals surface area (Å²) in [7, 11) is 0. The molecule has 2 aliphatic heterocycles. The average Bonchev–Trinajstić information content (AvgIpc) is 2.68. The first-order valence-electron chi connectivity index (χ1n) is 6.63. The van der Waals surface area contributed by atoms with Crippen molar-refractivity contribution >= 4 is 11.8 Å². The van der Waals surface area contributed by atoms with Gasteiger partial charge in [0.25, 0.3) is 0 Å². The Morgan fingerprint density at radius 1 is 1.16 bits per heavy atom. The van der Waals surface area contributed by atoms with Crippen LogP contribution in [0.15, 0.2) is 0 Å². The molecule has 0 saturated carbocycles. The van der Waals surface area contributed by atoms with Crippen molar-refractivity contribution in [2.75, 3.05) is 32.7 Å². The van der Waals surface area contributed by atoms with Crippen molar-refractivity contribution in [2.24, 2.45) is 11.7 Å². The normalized spacial score (nSPS) is 32.5. The third kappa shape index (κ3) is 3.43. The maximum Gasteiger partial charge on any atom is 0.236 e. The minimum atomic E-state index is -0.785. The molecule has 7 nitrogen and oxygen atoms in total. The van der Waals surface area contributed by atoms with Gasteiger partial charge >= 0.3 is 0 Å². The molecule has 0 aliphatic carbocycles. The maximum absolute atomic E-state index is 12.1. The fourth-order valence-electron chi connectivity index (χ4n) is 2.70. The number of nitrogens with zero attached hydrogens (tertiary/aromatic N) is 2. The van der Waals surface area contributed by atoms with Crippen LogP contribution in [0.5, 0.6) is 0 Å². The molecule has 2 rings (SSSR count). The maximum atomic E-state index is 12.1. The third-order valence-corrected chi connectivity index (χ3v) is 3.87. The molecular weight excluding hydrogens is 250 g/mol. The summed E-state index contributed by atoms with van der Waals surface area (Å²) >= 11 is 0. The zero-order valence-corrected chi connectivity index (χ0v) is 10.9. The highest BCUT2D eigenvalue weighted by Crippen LogP contribution is 2.17. The number of hydrogen-bond donors (Lipinski definition) is 3. The minimum Gasteiger partial charge on any atom is -0.389 e. The molecule has 3 atom stereocenters. The molecule has 3 unspecified atom stereocenters. The van der Waals surface area contributed by atoms with Crippen LogP contribution >= 0.6 is 0 Å². The fraction of sp³-hybridized carbons (Fsp3) is 0.833. The van der Waals surface area contributed by atoms with Crippen LogP contribution in [-0.4, -0.2) is 76.8 Å². The van der Waals surface area contributed by atoms with Gasteiger partial charge in [-0.1, -0.05) is 0 Å². The lowest BCUT2D eigenvalue weighted by Gasteiger charge is -2.32. The van der Waals surface area contributed by atoms with Crippen molar-refractivity contribution in [2.45, 2.75) is 25.0 Å². The molecule has 2 aliphatic rings. The van der Waals surface area contributed by atoms with Crippen LogP contribution < -0.4 is 5.73 Å². The Hall–Kier alpha value is -1.18. The number of aliphatic hydroxyl groups excluding tert-OH is 2. The zero-order valence-electron chi connectivity index (χ0n) is 10.9. The molecule has 2 amide bonds. The van der Waals surface area contributed by atoms with Crippen molar-refractivity contribution in [1.82, 2.24) is 9.80 Å². The molecule has 0 aromatic carbocycles. The first-order valence-corrected chi connectivity index (χ1v) is 6.63. The standard InChI is InChI=1S/C12H21N3O4/c13-12(19)8-2-1-3-15(4-8)11(18)7-14-5-9(16)10(17)6-14/h8-10,16-17H,1-7H2,(H2,13,19). The van der Waals surface area contributed by atoms with Gasteiger partial charge in [-0.05, 0) is 12.8 Å². The quantitative estimate of drug-likeness (QED) is 0.537. The van der Waals surface area contributed by atoms with Gasteiger partial charge in [-0.25, -0.2) is 0 Å². The average molecular weight is 271 g/mol. The predicted molar refractivity (Wildman–Crippen MR) is 67.0 cm³/mol. The summed E-state index contributed by atoms with van der Waals surface area (Å²) in [6.45, 7) is 1.80. The monoisotopic (exact) mass is 271 g/mol. The molecule has 0 radical (unpaired) electrons. The van der Waals surface area contributed by atoms with E-state index in [0.29, 0.717) is 26.2 Å². The van der Waals surface area contributed by atoms with Gasteiger partial charge in [-0.2, -0.15) is 0 Å². The second kappa shape index (κ2) is 5.85. The molecule has 4 N–H and O–H groups in total. The summed E-state index contributed by atoms with van der Waals surface area (Å²) in [4.78, 5) is 26.6. The van der Waals surface area contributed by atoms with E-state index in [1.165, 1.54) is 0 Å². The molecule has 19 heavy (non-hydrogen) atoms. The van der Waals surface area contributed by atoms with Crippen LogP contribution in [0.25, 0.3) is 0 Å². The number of carbonyl (C=O) groups excluding carboxylic acids is 2. The van der Waals surface area contributed by atoms with E-state index in [1.807, 2.05) is 0 Å². The Bertz CT molecular complexity index is 353. The minimum absolute atomic E-state index is 0.0766. The molecular formula is C12H21N3O4. The zero-order chi connectivity index (χ0) is 14.0. The molecule has 7 heteroatoms.